The number of benzene rings is 1. The molecule has 21 heavy (non-hydrogen) atoms. The molecule has 0 aliphatic carbocycles. The molecule has 1 heterocycles. The van der Waals surface area contributed by atoms with Gasteiger partial charge in [0.2, 0.25) is 5.91 Å². The SMILES string of the molecule is CCC1CCNC(C(=O)NC(C)c2ccc(C)cc2C)C1. The van der Waals surface area contributed by atoms with Gasteiger partial charge in [0.15, 0.2) is 0 Å². The van der Waals surface area contributed by atoms with Gasteiger partial charge in [-0.15, -0.1) is 0 Å². The standard InChI is InChI=1S/C18H28N2O/c1-5-15-8-9-19-17(11-15)18(21)20-14(4)16-7-6-12(2)10-13(16)3/h6-7,10,14-15,17,19H,5,8-9,11H2,1-4H3,(H,20,21). The molecule has 1 fully saturated rings. The van der Waals surface area contributed by atoms with Crippen molar-refractivity contribution in [2.75, 3.05) is 6.54 Å². The first-order valence-electron chi connectivity index (χ1n) is 8.12. The van der Waals surface area contributed by atoms with Crippen LogP contribution in [0.5, 0.6) is 0 Å². The molecule has 3 atom stereocenters. The monoisotopic (exact) mass is 288 g/mol. The number of piperidine rings is 1. The summed E-state index contributed by atoms with van der Waals surface area (Å²) in [5.74, 6) is 0.819. The van der Waals surface area contributed by atoms with Crippen molar-refractivity contribution in [2.45, 2.75) is 59.0 Å². The number of amides is 1. The summed E-state index contributed by atoms with van der Waals surface area (Å²) in [7, 11) is 0. The van der Waals surface area contributed by atoms with Crippen LogP contribution in [0.1, 0.15) is 55.8 Å². The molecule has 0 aromatic heterocycles. The van der Waals surface area contributed by atoms with E-state index in [2.05, 4.69) is 56.5 Å². The predicted molar refractivity (Wildman–Crippen MR) is 87.3 cm³/mol. The van der Waals surface area contributed by atoms with Gasteiger partial charge in [0.05, 0.1) is 12.1 Å². The maximum absolute atomic E-state index is 12.4. The molecule has 1 aromatic rings. The summed E-state index contributed by atoms with van der Waals surface area (Å²) in [6.45, 7) is 9.43. The zero-order valence-electron chi connectivity index (χ0n) is 13.7. The number of nitrogens with one attached hydrogen (secondary N) is 2. The van der Waals surface area contributed by atoms with E-state index in [0.717, 1.165) is 19.4 Å². The molecule has 0 spiro atoms. The molecule has 0 saturated carbocycles. The van der Waals surface area contributed by atoms with Gasteiger partial charge in [0, 0.05) is 0 Å². The quantitative estimate of drug-likeness (QED) is 0.893. The van der Waals surface area contributed by atoms with Crippen LogP contribution in [0, 0.1) is 19.8 Å². The van der Waals surface area contributed by atoms with E-state index in [1.807, 2.05) is 0 Å². The highest BCUT2D eigenvalue weighted by molar-refractivity contribution is 5.82. The first kappa shape index (κ1) is 16.0. The molecule has 1 aliphatic heterocycles. The number of carbonyl (C=O) groups is 1. The Bertz CT molecular complexity index is 498. The lowest BCUT2D eigenvalue weighted by Gasteiger charge is -2.30. The van der Waals surface area contributed by atoms with Gasteiger partial charge in [0.1, 0.15) is 0 Å². The molecule has 3 heteroatoms. The van der Waals surface area contributed by atoms with Crippen molar-refractivity contribution in [1.29, 1.82) is 0 Å². The minimum absolute atomic E-state index is 0.0306. The molecule has 2 rings (SSSR count). The van der Waals surface area contributed by atoms with E-state index >= 15 is 0 Å². The minimum Gasteiger partial charge on any atom is -0.348 e. The van der Waals surface area contributed by atoms with Crippen LogP contribution < -0.4 is 10.6 Å². The Labute approximate surface area is 128 Å². The van der Waals surface area contributed by atoms with Gasteiger partial charge < -0.3 is 10.6 Å². The van der Waals surface area contributed by atoms with Crippen LogP contribution in [0.4, 0.5) is 0 Å². The maximum atomic E-state index is 12.4. The zero-order chi connectivity index (χ0) is 15.4. The number of hydrogen-bond acceptors (Lipinski definition) is 2. The molecule has 1 amide bonds. The van der Waals surface area contributed by atoms with E-state index in [-0.39, 0.29) is 18.0 Å². The van der Waals surface area contributed by atoms with E-state index in [4.69, 9.17) is 0 Å². The normalized spacial score (nSPS) is 23.6. The van der Waals surface area contributed by atoms with E-state index in [9.17, 15) is 4.79 Å². The van der Waals surface area contributed by atoms with E-state index < -0.39 is 0 Å². The van der Waals surface area contributed by atoms with Crippen LogP contribution in [0.15, 0.2) is 18.2 Å². The highest BCUT2D eigenvalue weighted by Gasteiger charge is 2.26. The van der Waals surface area contributed by atoms with Crippen molar-refractivity contribution in [3.05, 3.63) is 34.9 Å². The van der Waals surface area contributed by atoms with Crippen molar-refractivity contribution in [3.63, 3.8) is 0 Å². The molecule has 1 aromatic carbocycles. The number of aryl methyl sites for hydroxylation is 2. The Morgan fingerprint density at radius 2 is 2.19 bits per heavy atom. The van der Waals surface area contributed by atoms with Crippen LogP contribution >= 0.6 is 0 Å². The summed E-state index contributed by atoms with van der Waals surface area (Å²) >= 11 is 0. The van der Waals surface area contributed by atoms with Crippen LogP contribution in [0.2, 0.25) is 0 Å². The zero-order valence-corrected chi connectivity index (χ0v) is 13.7. The lowest BCUT2D eigenvalue weighted by atomic mass is 9.90. The van der Waals surface area contributed by atoms with Gasteiger partial charge in [-0.2, -0.15) is 0 Å². The molecule has 116 valence electrons. The van der Waals surface area contributed by atoms with Crippen molar-refractivity contribution in [2.24, 2.45) is 5.92 Å². The lowest BCUT2D eigenvalue weighted by molar-refractivity contribution is -0.124. The summed E-state index contributed by atoms with van der Waals surface area (Å²) in [5, 5.41) is 6.52. The maximum Gasteiger partial charge on any atom is 0.237 e. The largest absolute Gasteiger partial charge is 0.348 e. The van der Waals surface area contributed by atoms with Gasteiger partial charge >= 0.3 is 0 Å². The summed E-state index contributed by atoms with van der Waals surface area (Å²) in [6, 6.07) is 6.43. The van der Waals surface area contributed by atoms with E-state index in [1.54, 1.807) is 0 Å². The number of hydrogen-bond donors (Lipinski definition) is 2. The third-order valence-electron chi connectivity index (χ3n) is 4.66. The Kier molecular flexibility index (Phi) is 5.40. The second-order valence-corrected chi connectivity index (χ2v) is 6.40. The first-order chi connectivity index (χ1) is 10.0. The molecule has 3 nitrogen and oxygen atoms in total. The number of rotatable bonds is 4. The third kappa shape index (κ3) is 4.07. The smallest absolute Gasteiger partial charge is 0.237 e. The van der Waals surface area contributed by atoms with Crippen LogP contribution in [-0.2, 0) is 4.79 Å². The molecular weight excluding hydrogens is 260 g/mol. The van der Waals surface area contributed by atoms with Crippen molar-refractivity contribution in [3.8, 4) is 0 Å². The summed E-state index contributed by atoms with van der Waals surface area (Å²) in [5.41, 5.74) is 3.71. The molecule has 0 radical (unpaired) electrons. The van der Waals surface area contributed by atoms with Gasteiger partial charge in [-0.25, -0.2) is 0 Å². The predicted octanol–water partition coefficient (Wildman–Crippen LogP) is 3.26. The summed E-state index contributed by atoms with van der Waals surface area (Å²) in [6.07, 6.45) is 3.31. The Morgan fingerprint density at radius 3 is 2.86 bits per heavy atom. The van der Waals surface area contributed by atoms with Crippen molar-refractivity contribution < 1.29 is 4.79 Å². The topological polar surface area (TPSA) is 41.1 Å². The highest BCUT2D eigenvalue weighted by Crippen LogP contribution is 2.22. The van der Waals surface area contributed by atoms with Crippen LogP contribution in [0.3, 0.4) is 0 Å². The minimum atomic E-state index is -0.0306. The third-order valence-corrected chi connectivity index (χ3v) is 4.66. The second-order valence-electron chi connectivity index (χ2n) is 6.40. The highest BCUT2D eigenvalue weighted by atomic mass is 16.2. The lowest BCUT2D eigenvalue weighted by Crippen LogP contribution is -2.49. The second kappa shape index (κ2) is 7.08. The van der Waals surface area contributed by atoms with E-state index in [0.29, 0.717) is 5.92 Å². The van der Waals surface area contributed by atoms with Gasteiger partial charge in [0.25, 0.3) is 0 Å². The van der Waals surface area contributed by atoms with Crippen LogP contribution in [0.25, 0.3) is 0 Å². The van der Waals surface area contributed by atoms with E-state index in [1.165, 1.54) is 23.1 Å². The molecule has 2 N–H and O–H groups in total. The van der Waals surface area contributed by atoms with Gasteiger partial charge in [-0.05, 0) is 57.2 Å². The fourth-order valence-electron chi connectivity index (χ4n) is 3.27. The summed E-state index contributed by atoms with van der Waals surface area (Å²) < 4.78 is 0. The average Bonchev–Trinajstić information content (AvgIpc) is 2.47. The van der Waals surface area contributed by atoms with Gasteiger partial charge in [-0.3, -0.25) is 4.79 Å². The molecule has 1 aliphatic rings. The Balaban J connectivity index is 1.98. The average molecular weight is 288 g/mol. The van der Waals surface area contributed by atoms with Crippen LogP contribution in [-0.4, -0.2) is 18.5 Å². The number of carbonyl (C=O) groups excluding carboxylic acids is 1. The first-order valence-corrected chi connectivity index (χ1v) is 8.12. The van der Waals surface area contributed by atoms with Crippen molar-refractivity contribution >= 4 is 5.91 Å². The Hall–Kier alpha value is -1.35. The molecular formula is C18H28N2O. The fraction of sp³-hybridized carbons (Fsp3) is 0.611. The Morgan fingerprint density at radius 1 is 1.43 bits per heavy atom. The molecule has 0 bridgehead atoms. The van der Waals surface area contributed by atoms with Gasteiger partial charge in [-0.1, -0.05) is 37.1 Å². The molecule has 3 unspecified atom stereocenters. The van der Waals surface area contributed by atoms with Crippen molar-refractivity contribution in [1.82, 2.24) is 10.6 Å². The fourth-order valence-corrected chi connectivity index (χ4v) is 3.27. The molecule has 1 saturated heterocycles. The summed E-state index contributed by atoms with van der Waals surface area (Å²) in [4.78, 5) is 12.4.